The van der Waals surface area contributed by atoms with Gasteiger partial charge in [0.15, 0.2) is 5.82 Å². The molecule has 0 fully saturated rings. The van der Waals surface area contributed by atoms with Crippen molar-refractivity contribution >= 4 is 39.5 Å². The average molecular weight is 435 g/mol. The second-order valence-electron chi connectivity index (χ2n) is 7.48. The predicted octanol–water partition coefficient (Wildman–Crippen LogP) is 6.18. The molecule has 0 aliphatic carbocycles. The maximum atomic E-state index is 9.31. The first-order valence-electron chi connectivity index (χ1n) is 10.1. The number of rotatable bonds is 5. The van der Waals surface area contributed by atoms with Crippen molar-refractivity contribution in [3.63, 3.8) is 0 Å². The highest BCUT2D eigenvalue weighted by atomic mass is 32.1. The fraction of sp³-hybridized carbons (Fsp3) is 0.200. The molecule has 0 spiro atoms. The normalized spacial score (nSPS) is 11.8. The maximum absolute atomic E-state index is 9.31. The number of nitrogens with zero attached hydrogens (tertiary/aromatic N) is 3. The standard InChI is InChI=1S/C13H12.C12H16N4OS.H2/c1-11-7-9-13(10-8-11)12-5-3-2-4-6-12;1-8(17)14-9-4-5-11-10(6-9)12(15-18-11)13-7-16(2)3;/h2-10H,1H3;4-8,14,17H,1-3H3;1H. The van der Waals surface area contributed by atoms with Crippen LogP contribution in [-0.2, 0) is 0 Å². The number of aromatic nitrogens is 1. The molecule has 1 unspecified atom stereocenters. The van der Waals surface area contributed by atoms with Crippen molar-refractivity contribution in [3.05, 3.63) is 78.4 Å². The monoisotopic (exact) mass is 434 g/mol. The number of aliphatic hydroxyl groups excluding tert-OH is 1. The average Bonchev–Trinajstić information content (AvgIpc) is 3.16. The van der Waals surface area contributed by atoms with Crippen molar-refractivity contribution in [3.8, 4) is 11.1 Å². The lowest BCUT2D eigenvalue weighted by Crippen LogP contribution is -2.12. The van der Waals surface area contributed by atoms with Crippen LogP contribution in [0.25, 0.3) is 21.2 Å². The third-order valence-electron chi connectivity index (χ3n) is 4.40. The minimum Gasteiger partial charge on any atom is -0.374 e. The first kappa shape index (κ1) is 22.5. The lowest BCUT2D eigenvalue weighted by Gasteiger charge is -2.08. The van der Waals surface area contributed by atoms with Crippen molar-refractivity contribution in [2.24, 2.45) is 4.99 Å². The Morgan fingerprint density at radius 2 is 1.71 bits per heavy atom. The lowest BCUT2D eigenvalue weighted by molar-refractivity contribution is 0.224. The summed E-state index contributed by atoms with van der Waals surface area (Å²) in [6.45, 7) is 3.79. The number of hydrogen-bond donors (Lipinski definition) is 2. The highest BCUT2D eigenvalue weighted by Crippen LogP contribution is 2.31. The summed E-state index contributed by atoms with van der Waals surface area (Å²) in [6, 6.07) is 24.9. The molecule has 0 saturated carbocycles. The summed E-state index contributed by atoms with van der Waals surface area (Å²) in [5.74, 6) is 0.706. The number of nitrogens with one attached hydrogen (secondary N) is 1. The van der Waals surface area contributed by atoms with E-state index in [2.05, 4.69) is 70.1 Å². The Kier molecular flexibility index (Phi) is 7.76. The number of fused-ring (bicyclic) bond motifs is 1. The first-order chi connectivity index (χ1) is 14.9. The van der Waals surface area contributed by atoms with Crippen molar-refractivity contribution in [1.82, 2.24) is 9.27 Å². The second kappa shape index (κ2) is 10.7. The quantitative estimate of drug-likeness (QED) is 0.224. The molecule has 0 amide bonds. The molecule has 0 saturated heterocycles. The van der Waals surface area contributed by atoms with Crippen LogP contribution in [-0.4, -0.2) is 41.0 Å². The van der Waals surface area contributed by atoms with E-state index in [-0.39, 0.29) is 1.43 Å². The van der Waals surface area contributed by atoms with E-state index in [0.717, 1.165) is 15.8 Å². The van der Waals surface area contributed by atoms with Crippen molar-refractivity contribution in [2.75, 3.05) is 19.4 Å². The fourth-order valence-electron chi connectivity index (χ4n) is 2.90. The van der Waals surface area contributed by atoms with Crippen LogP contribution < -0.4 is 5.32 Å². The minimum absolute atomic E-state index is 0. The van der Waals surface area contributed by atoms with Gasteiger partial charge in [-0.2, -0.15) is 4.37 Å². The minimum atomic E-state index is -0.581. The summed E-state index contributed by atoms with van der Waals surface area (Å²) >= 11 is 1.42. The highest BCUT2D eigenvalue weighted by molar-refractivity contribution is 7.13. The molecule has 0 aliphatic rings. The maximum Gasteiger partial charge on any atom is 0.174 e. The molecular weight excluding hydrogens is 404 g/mol. The van der Waals surface area contributed by atoms with Gasteiger partial charge >= 0.3 is 0 Å². The molecule has 5 nitrogen and oxygen atoms in total. The number of aryl methyl sites for hydroxylation is 1. The molecule has 162 valence electrons. The zero-order valence-electron chi connectivity index (χ0n) is 18.3. The van der Waals surface area contributed by atoms with Gasteiger partial charge in [-0.15, -0.1) is 0 Å². The molecule has 6 heteroatoms. The molecule has 2 N–H and O–H groups in total. The molecule has 1 aromatic heterocycles. The van der Waals surface area contributed by atoms with Crippen LogP contribution in [0.2, 0.25) is 0 Å². The van der Waals surface area contributed by atoms with Crippen LogP contribution in [0.15, 0.2) is 77.8 Å². The molecule has 1 heterocycles. The van der Waals surface area contributed by atoms with Crippen LogP contribution in [0.1, 0.15) is 13.9 Å². The van der Waals surface area contributed by atoms with Gasteiger partial charge in [-0.1, -0.05) is 60.2 Å². The van der Waals surface area contributed by atoms with Gasteiger partial charge in [-0.25, -0.2) is 4.99 Å². The van der Waals surface area contributed by atoms with E-state index in [1.807, 2.05) is 43.3 Å². The van der Waals surface area contributed by atoms with E-state index in [1.165, 1.54) is 28.2 Å². The second-order valence-corrected chi connectivity index (χ2v) is 8.28. The molecule has 4 aromatic rings. The van der Waals surface area contributed by atoms with E-state index in [4.69, 9.17) is 0 Å². The highest BCUT2D eigenvalue weighted by Gasteiger charge is 2.06. The Hall–Kier alpha value is -3.22. The van der Waals surface area contributed by atoms with Crippen LogP contribution in [0.5, 0.6) is 0 Å². The van der Waals surface area contributed by atoms with Crippen molar-refractivity contribution in [2.45, 2.75) is 20.1 Å². The fourth-order valence-corrected chi connectivity index (χ4v) is 3.60. The number of hydrogen-bond acceptors (Lipinski definition) is 5. The van der Waals surface area contributed by atoms with Gasteiger partial charge in [0.05, 0.1) is 11.0 Å². The molecule has 0 aliphatic heterocycles. The number of anilines is 1. The molecule has 1 atom stereocenters. The van der Waals surface area contributed by atoms with Crippen LogP contribution in [0, 0.1) is 6.92 Å². The van der Waals surface area contributed by atoms with E-state index in [0.29, 0.717) is 5.82 Å². The molecule has 0 radical (unpaired) electrons. The SMILES string of the molecule is CC(O)Nc1ccc2snc(N=CN(C)C)c2c1.Cc1ccc(-c2ccccc2)cc1.[HH]. The van der Waals surface area contributed by atoms with E-state index in [1.54, 1.807) is 13.3 Å². The smallest absolute Gasteiger partial charge is 0.174 e. The summed E-state index contributed by atoms with van der Waals surface area (Å²) < 4.78 is 5.39. The topological polar surface area (TPSA) is 60.8 Å². The first-order valence-corrected chi connectivity index (χ1v) is 10.9. The molecule has 3 aromatic carbocycles. The van der Waals surface area contributed by atoms with Crippen molar-refractivity contribution in [1.29, 1.82) is 0 Å². The van der Waals surface area contributed by atoms with Crippen LogP contribution >= 0.6 is 11.5 Å². The molecular formula is C25H30N4OS. The van der Waals surface area contributed by atoms with Gasteiger partial charge in [-0.05, 0) is 54.7 Å². The van der Waals surface area contributed by atoms with Crippen LogP contribution in [0.4, 0.5) is 11.5 Å². The third kappa shape index (κ3) is 6.64. The lowest BCUT2D eigenvalue weighted by atomic mass is 10.0. The molecule has 4 rings (SSSR count). The van der Waals surface area contributed by atoms with Gasteiger partial charge in [0, 0.05) is 26.6 Å². The van der Waals surface area contributed by atoms with Gasteiger partial charge in [0.1, 0.15) is 6.23 Å². The van der Waals surface area contributed by atoms with Gasteiger partial charge in [0.25, 0.3) is 0 Å². The van der Waals surface area contributed by atoms with Gasteiger partial charge in [0.2, 0.25) is 0 Å². The summed E-state index contributed by atoms with van der Waals surface area (Å²) in [7, 11) is 3.83. The molecule has 0 bridgehead atoms. The Balaban J connectivity index is 0.000000230. The third-order valence-corrected chi connectivity index (χ3v) is 5.21. The van der Waals surface area contributed by atoms with E-state index in [9.17, 15) is 5.11 Å². The number of aliphatic imine (C=N–C) groups is 1. The van der Waals surface area contributed by atoms with E-state index < -0.39 is 6.23 Å². The van der Waals surface area contributed by atoms with Crippen molar-refractivity contribution < 1.29 is 6.53 Å². The van der Waals surface area contributed by atoms with E-state index >= 15 is 0 Å². The van der Waals surface area contributed by atoms with Gasteiger partial charge < -0.3 is 15.3 Å². The Morgan fingerprint density at radius 1 is 1.03 bits per heavy atom. The summed E-state index contributed by atoms with van der Waals surface area (Å²) in [5, 5.41) is 13.3. The summed E-state index contributed by atoms with van der Waals surface area (Å²) in [6.07, 6.45) is 1.14. The predicted molar refractivity (Wildman–Crippen MR) is 135 cm³/mol. The summed E-state index contributed by atoms with van der Waals surface area (Å²) in [4.78, 5) is 6.19. The van der Waals surface area contributed by atoms with Crippen LogP contribution in [0.3, 0.4) is 0 Å². The number of benzene rings is 3. The zero-order chi connectivity index (χ0) is 22.2. The Morgan fingerprint density at radius 3 is 2.35 bits per heavy atom. The Bertz CT molecular complexity index is 1130. The molecule has 31 heavy (non-hydrogen) atoms. The largest absolute Gasteiger partial charge is 0.374 e. The Labute approximate surface area is 189 Å². The zero-order valence-corrected chi connectivity index (χ0v) is 19.1. The number of aliphatic hydroxyl groups is 1. The van der Waals surface area contributed by atoms with Gasteiger partial charge in [-0.3, -0.25) is 0 Å². The summed E-state index contributed by atoms with van der Waals surface area (Å²) in [5.41, 5.74) is 4.73.